The maximum absolute atomic E-state index is 11.5. The summed E-state index contributed by atoms with van der Waals surface area (Å²) in [5.41, 5.74) is -0.0445. The third-order valence-electron chi connectivity index (χ3n) is 3.74. The maximum Gasteiger partial charge on any atom is 0.490 e. The summed E-state index contributed by atoms with van der Waals surface area (Å²) in [4.78, 5) is 19.2. The van der Waals surface area contributed by atoms with Gasteiger partial charge in [-0.1, -0.05) is 6.07 Å². The minimum Gasteiger partial charge on any atom is -0.489 e. The normalized spacial score (nSPS) is 18.0. The first-order valence-corrected chi connectivity index (χ1v) is 9.05. The van der Waals surface area contributed by atoms with Crippen molar-refractivity contribution in [3.63, 3.8) is 0 Å². The molecule has 1 aliphatic carbocycles. The predicted octanol–water partition coefficient (Wildman–Crippen LogP) is 1.28. The molecule has 1 aliphatic rings. The average Bonchev–Trinajstić information content (AvgIpc) is 2.60. The molecule has 8 nitrogen and oxygen atoms in total. The molecule has 0 atom stereocenters. The van der Waals surface area contributed by atoms with Crippen molar-refractivity contribution in [1.82, 2.24) is 15.3 Å². The Morgan fingerprint density at radius 3 is 2.25 bits per heavy atom. The fourth-order valence-corrected chi connectivity index (χ4v) is 2.39. The Kier molecular flexibility index (Phi) is 7.77. The topological polar surface area (TPSA) is 114 Å². The molecule has 3 rings (SSSR count). The highest BCUT2D eigenvalue weighted by atomic mass is 16.6. The van der Waals surface area contributed by atoms with Crippen molar-refractivity contribution in [2.75, 3.05) is 0 Å². The summed E-state index contributed by atoms with van der Waals surface area (Å²) >= 11 is 0. The average molecular weight is 387 g/mol. The zero-order valence-electron chi connectivity index (χ0n) is 16.3. The van der Waals surface area contributed by atoms with Gasteiger partial charge in [0.05, 0.1) is 6.20 Å². The largest absolute Gasteiger partial charge is 0.490 e. The molecule has 0 unspecified atom stereocenters. The smallest absolute Gasteiger partial charge is 0.489 e. The Labute approximate surface area is 165 Å². The summed E-state index contributed by atoms with van der Waals surface area (Å²) in [6, 6.07) is 7.09. The zero-order chi connectivity index (χ0) is 20.6. The summed E-state index contributed by atoms with van der Waals surface area (Å²) in [5.74, 6) is 0.767. The van der Waals surface area contributed by atoms with E-state index in [4.69, 9.17) is 19.5 Å². The molecule has 150 valence electrons. The van der Waals surface area contributed by atoms with Crippen LogP contribution in [-0.2, 0) is 4.74 Å². The lowest BCUT2D eigenvalue weighted by Gasteiger charge is -2.36. The maximum atomic E-state index is 11.5. The van der Waals surface area contributed by atoms with Crippen molar-refractivity contribution in [2.45, 2.75) is 51.4 Å². The summed E-state index contributed by atoms with van der Waals surface area (Å²) in [7, 11) is -1.40. The van der Waals surface area contributed by atoms with Crippen molar-refractivity contribution < 1.29 is 24.3 Å². The summed E-state index contributed by atoms with van der Waals surface area (Å²) < 4.78 is 10.9. The molecular formula is C19H26BN3O5. The van der Waals surface area contributed by atoms with Crippen LogP contribution in [0.4, 0.5) is 4.79 Å². The van der Waals surface area contributed by atoms with E-state index in [1.807, 2.05) is 32.9 Å². The van der Waals surface area contributed by atoms with Gasteiger partial charge in [0.1, 0.15) is 17.5 Å². The van der Waals surface area contributed by atoms with E-state index in [-0.39, 0.29) is 18.2 Å². The third kappa shape index (κ3) is 7.93. The first kappa shape index (κ1) is 21.7. The number of hydrogen-bond donors (Lipinski definition) is 3. The van der Waals surface area contributed by atoms with Gasteiger partial charge in [0.2, 0.25) is 0 Å². The summed E-state index contributed by atoms with van der Waals surface area (Å²) in [5, 5.41) is 19.9. The van der Waals surface area contributed by atoms with Gasteiger partial charge >= 0.3 is 13.2 Å². The van der Waals surface area contributed by atoms with Crippen LogP contribution in [0, 0.1) is 0 Å². The van der Waals surface area contributed by atoms with Gasteiger partial charge in [0, 0.05) is 42.9 Å². The van der Waals surface area contributed by atoms with Crippen LogP contribution in [0.2, 0.25) is 0 Å². The van der Waals surface area contributed by atoms with E-state index < -0.39 is 12.7 Å². The summed E-state index contributed by atoms with van der Waals surface area (Å²) in [6.07, 6.45) is 7.76. The number of amides is 1. The Bertz CT molecular complexity index is 719. The molecule has 2 aromatic heterocycles. The van der Waals surface area contributed by atoms with Gasteiger partial charge in [-0.15, -0.1) is 0 Å². The standard InChI is InChI=1S/C14H20N2O3.C5H6BNO2/c1-14(2,3)19-13(17)16-10-7-12(8-10)18-11-5-4-6-15-9-11;8-6(9)5-2-1-3-7-4-5/h4-6,9-10,12H,7-8H2,1-3H3,(H,16,17);1-4,8-9H/t10-,12-;. The Balaban J connectivity index is 0.000000261. The second-order valence-corrected chi connectivity index (χ2v) is 7.40. The quantitative estimate of drug-likeness (QED) is 0.677. The number of hydrogen-bond acceptors (Lipinski definition) is 7. The number of rotatable bonds is 4. The van der Waals surface area contributed by atoms with Gasteiger partial charge < -0.3 is 24.8 Å². The Morgan fingerprint density at radius 2 is 1.79 bits per heavy atom. The molecule has 1 fully saturated rings. The molecule has 0 aliphatic heterocycles. The van der Waals surface area contributed by atoms with E-state index in [1.165, 1.54) is 6.20 Å². The van der Waals surface area contributed by atoms with Gasteiger partial charge in [-0.2, -0.15) is 0 Å². The van der Waals surface area contributed by atoms with Gasteiger partial charge in [-0.05, 0) is 39.0 Å². The van der Waals surface area contributed by atoms with Gasteiger partial charge in [0.15, 0.2) is 0 Å². The van der Waals surface area contributed by atoms with E-state index in [9.17, 15) is 4.79 Å². The van der Waals surface area contributed by atoms with Gasteiger partial charge in [-0.25, -0.2) is 4.79 Å². The molecular weight excluding hydrogens is 361 g/mol. The van der Waals surface area contributed by atoms with E-state index in [0.717, 1.165) is 18.6 Å². The molecule has 0 saturated heterocycles. The van der Waals surface area contributed by atoms with Crippen LogP contribution in [0.25, 0.3) is 0 Å². The first-order chi connectivity index (χ1) is 13.2. The minimum atomic E-state index is -1.40. The highest BCUT2D eigenvalue weighted by Crippen LogP contribution is 2.25. The van der Waals surface area contributed by atoms with Crippen LogP contribution in [0.15, 0.2) is 49.1 Å². The van der Waals surface area contributed by atoms with E-state index in [0.29, 0.717) is 5.46 Å². The lowest BCUT2D eigenvalue weighted by molar-refractivity contribution is 0.0362. The van der Waals surface area contributed by atoms with Crippen molar-refractivity contribution in [3.8, 4) is 5.75 Å². The lowest BCUT2D eigenvalue weighted by Crippen LogP contribution is -2.50. The molecule has 0 aromatic carbocycles. The van der Waals surface area contributed by atoms with Crippen LogP contribution in [-0.4, -0.2) is 51.0 Å². The fourth-order valence-electron chi connectivity index (χ4n) is 2.39. The number of carbonyl (C=O) groups excluding carboxylic acids is 1. The Hall–Kier alpha value is -2.65. The number of nitrogens with one attached hydrogen (secondary N) is 1. The van der Waals surface area contributed by atoms with Crippen LogP contribution in [0.1, 0.15) is 33.6 Å². The van der Waals surface area contributed by atoms with Crippen molar-refractivity contribution in [3.05, 3.63) is 49.1 Å². The minimum absolute atomic E-state index is 0.136. The number of pyridine rings is 2. The van der Waals surface area contributed by atoms with Crippen molar-refractivity contribution in [2.24, 2.45) is 0 Å². The predicted molar refractivity (Wildman–Crippen MR) is 105 cm³/mol. The molecule has 0 bridgehead atoms. The molecule has 9 heteroatoms. The number of aromatic nitrogens is 2. The zero-order valence-corrected chi connectivity index (χ0v) is 16.3. The van der Waals surface area contributed by atoms with Crippen LogP contribution in [0.3, 0.4) is 0 Å². The monoisotopic (exact) mass is 387 g/mol. The Morgan fingerprint density at radius 1 is 1.14 bits per heavy atom. The number of alkyl carbamates (subject to hydrolysis) is 1. The van der Waals surface area contributed by atoms with Crippen LogP contribution >= 0.6 is 0 Å². The first-order valence-electron chi connectivity index (χ1n) is 9.05. The highest BCUT2D eigenvalue weighted by Gasteiger charge is 2.33. The van der Waals surface area contributed by atoms with E-state index >= 15 is 0 Å². The number of nitrogens with zero attached hydrogens (tertiary/aromatic N) is 2. The second kappa shape index (κ2) is 10.1. The van der Waals surface area contributed by atoms with Gasteiger partial charge in [0.25, 0.3) is 0 Å². The highest BCUT2D eigenvalue weighted by molar-refractivity contribution is 6.58. The molecule has 28 heavy (non-hydrogen) atoms. The molecule has 1 saturated carbocycles. The molecule has 0 radical (unpaired) electrons. The fraction of sp³-hybridized carbons (Fsp3) is 0.421. The molecule has 2 aromatic rings. The lowest BCUT2D eigenvalue weighted by atomic mass is 9.82. The number of carbonyl (C=O) groups is 1. The molecule has 0 spiro atoms. The van der Waals surface area contributed by atoms with Crippen LogP contribution in [0.5, 0.6) is 5.75 Å². The molecule has 2 heterocycles. The number of ether oxygens (including phenoxy) is 2. The van der Waals surface area contributed by atoms with E-state index in [1.54, 1.807) is 30.7 Å². The van der Waals surface area contributed by atoms with Crippen molar-refractivity contribution in [1.29, 1.82) is 0 Å². The molecule has 1 amide bonds. The third-order valence-corrected chi connectivity index (χ3v) is 3.74. The van der Waals surface area contributed by atoms with Gasteiger partial charge in [-0.3, -0.25) is 9.97 Å². The SMILES string of the molecule is CC(C)(C)OC(=O)N[C@H]1C[C@H](Oc2cccnc2)C1.OB(O)c1cccnc1. The van der Waals surface area contributed by atoms with Crippen molar-refractivity contribution >= 4 is 18.7 Å². The van der Waals surface area contributed by atoms with Crippen LogP contribution < -0.4 is 15.5 Å². The summed E-state index contributed by atoms with van der Waals surface area (Å²) in [6.45, 7) is 5.55. The molecule has 3 N–H and O–H groups in total. The van der Waals surface area contributed by atoms with E-state index in [2.05, 4.69) is 15.3 Å². The second-order valence-electron chi connectivity index (χ2n) is 7.40.